The standard InChI is InChI=1S/C22H15Cl3N4S/c23-16-6-3-13(10-17(16)24)20-12-29(28-27-20)11-14-4-7-18-15(22(14)25)5-8-19(26-18)21-2-1-9-30-21/h1-3,5-6,8-10,12H,4,7,11H2. The molecular formula is C22H15Cl3N4S. The predicted molar refractivity (Wildman–Crippen MR) is 124 cm³/mol. The number of benzene rings is 1. The summed E-state index contributed by atoms with van der Waals surface area (Å²) in [5.74, 6) is 0. The van der Waals surface area contributed by atoms with Gasteiger partial charge in [-0.15, -0.1) is 16.4 Å². The second kappa shape index (κ2) is 8.16. The van der Waals surface area contributed by atoms with Crippen LogP contribution < -0.4 is 0 Å². The van der Waals surface area contributed by atoms with E-state index in [4.69, 9.17) is 39.8 Å². The van der Waals surface area contributed by atoms with E-state index in [-0.39, 0.29) is 0 Å². The van der Waals surface area contributed by atoms with Crippen molar-refractivity contribution >= 4 is 51.2 Å². The maximum absolute atomic E-state index is 6.75. The summed E-state index contributed by atoms with van der Waals surface area (Å²) >= 11 is 20.6. The quantitative estimate of drug-likeness (QED) is 0.321. The van der Waals surface area contributed by atoms with E-state index in [1.807, 2.05) is 24.4 Å². The molecule has 0 fully saturated rings. The number of aromatic nitrogens is 4. The zero-order valence-corrected chi connectivity index (χ0v) is 18.7. The Hall–Kier alpha value is -2.18. The monoisotopic (exact) mass is 472 g/mol. The molecule has 4 nitrogen and oxygen atoms in total. The highest BCUT2D eigenvalue weighted by molar-refractivity contribution is 7.13. The van der Waals surface area contributed by atoms with Crippen LogP contribution in [0, 0.1) is 0 Å². The van der Waals surface area contributed by atoms with Crippen LogP contribution in [-0.4, -0.2) is 20.0 Å². The van der Waals surface area contributed by atoms with Crippen molar-refractivity contribution in [2.45, 2.75) is 19.4 Å². The second-order valence-corrected chi connectivity index (χ2v) is 9.16. The van der Waals surface area contributed by atoms with Crippen molar-refractivity contribution in [1.82, 2.24) is 20.0 Å². The van der Waals surface area contributed by atoms with Crippen LogP contribution in [0.1, 0.15) is 17.7 Å². The van der Waals surface area contributed by atoms with E-state index in [1.54, 1.807) is 28.2 Å². The third-order valence-corrected chi connectivity index (χ3v) is 7.17. The van der Waals surface area contributed by atoms with Gasteiger partial charge in [0.05, 0.1) is 44.1 Å². The van der Waals surface area contributed by atoms with E-state index in [0.29, 0.717) is 16.6 Å². The Morgan fingerprint density at radius 2 is 1.87 bits per heavy atom. The number of halogens is 3. The van der Waals surface area contributed by atoms with Crippen LogP contribution in [0.25, 0.3) is 26.9 Å². The number of fused-ring (bicyclic) bond motifs is 1. The van der Waals surface area contributed by atoms with Gasteiger partial charge in [-0.05, 0) is 54.1 Å². The van der Waals surface area contributed by atoms with Gasteiger partial charge in [-0.3, -0.25) is 4.98 Å². The summed E-state index contributed by atoms with van der Waals surface area (Å²) < 4.78 is 1.80. The molecule has 0 amide bonds. The van der Waals surface area contributed by atoms with Gasteiger partial charge in [0.2, 0.25) is 0 Å². The summed E-state index contributed by atoms with van der Waals surface area (Å²) in [5.41, 5.74) is 5.78. The molecule has 0 aliphatic heterocycles. The van der Waals surface area contributed by atoms with Crippen molar-refractivity contribution < 1.29 is 0 Å². The van der Waals surface area contributed by atoms with Gasteiger partial charge in [0.1, 0.15) is 5.69 Å². The van der Waals surface area contributed by atoms with Gasteiger partial charge in [-0.1, -0.05) is 52.1 Å². The molecule has 0 spiro atoms. The molecule has 0 N–H and O–H groups in total. The highest BCUT2D eigenvalue weighted by Crippen LogP contribution is 2.36. The van der Waals surface area contributed by atoms with Crippen molar-refractivity contribution in [3.8, 4) is 21.8 Å². The van der Waals surface area contributed by atoms with Crippen molar-refractivity contribution in [2.24, 2.45) is 0 Å². The van der Waals surface area contributed by atoms with Crippen molar-refractivity contribution in [1.29, 1.82) is 0 Å². The molecule has 0 radical (unpaired) electrons. The van der Waals surface area contributed by atoms with E-state index in [0.717, 1.165) is 51.7 Å². The molecule has 0 unspecified atom stereocenters. The summed E-state index contributed by atoms with van der Waals surface area (Å²) in [5, 5.41) is 12.4. The lowest BCUT2D eigenvalue weighted by molar-refractivity contribution is 0.623. The lowest BCUT2D eigenvalue weighted by Gasteiger charge is -2.19. The van der Waals surface area contributed by atoms with Gasteiger partial charge in [0, 0.05) is 11.1 Å². The normalized spacial score (nSPS) is 13.6. The number of thiophene rings is 1. The molecule has 0 atom stereocenters. The molecule has 1 aliphatic carbocycles. The molecule has 4 aromatic rings. The first kappa shape index (κ1) is 19.8. The van der Waals surface area contributed by atoms with Gasteiger partial charge in [-0.2, -0.15) is 0 Å². The molecule has 0 bridgehead atoms. The van der Waals surface area contributed by atoms with E-state index in [1.165, 1.54) is 4.88 Å². The number of rotatable bonds is 4. The highest BCUT2D eigenvalue weighted by atomic mass is 35.5. The Morgan fingerprint density at radius 3 is 2.67 bits per heavy atom. The largest absolute Gasteiger partial charge is 0.251 e. The Morgan fingerprint density at radius 1 is 0.967 bits per heavy atom. The zero-order chi connectivity index (χ0) is 20.7. The van der Waals surface area contributed by atoms with E-state index in [9.17, 15) is 0 Å². The molecule has 8 heteroatoms. The Balaban J connectivity index is 1.40. The lowest BCUT2D eigenvalue weighted by Crippen LogP contribution is -2.10. The molecule has 1 aliphatic rings. The van der Waals surface area contributed by atoms with Crippen LogP contribution in [0.5, 0.6) is 0 Å². The number of hydrogen-bond donors (Lipinski definition) is 0. The number of allylic oxidation sites excluding steroid dienone is 1. The average Bonchev–Trinajstić information content (AvgIpc) is 3.44. The second-order valence-electron chi connectivity index (χ2n) is 7.02. The molecule has 150 valence electrons. The number of pyridine rings is 1. The first-order chi connectivity index (χ1) is 14.6. The van der Waals surface area contributed by atoms with E-state index in [2.05, 4.69) is 27.8 Å². The van der Waals surface area contributed by atoms with Gasteiger partial charge in [0.15, 0.2) is 0 Å². The third kappa shape index (κ3) is 3.79. The van der Waals surface area contributed by atoms with Crippen LogP contribution in [0.3, 0.4) is 0 Å². The van der Waals surface area contributed by atoms with E-state index >= 15 is 0 Å². The van der Waals surface area contributed by atoms with Gasteiger partial charge in [0.25, 0.3) is 0 Å². The fourth-order valence-electron chi connectivity index (χ4n) is 3.53. The SMILES string of the molecule is ClC1=C(Cn2cc(-c3ccc(Cl)c(Cl)c3)nn2)CCc2nc(-c3cccs3)ccc21. The summed E-state index contributed by atoms with van der Waals surface area (Å²) in [7, 11) is 0. The zero-order valence-electron chi connectivity index (χ0n) is 15.6. The van der Waals surface area contributed by atoms with Crippen LogP contribution in [0.2, 0.25) is 10.0 Å². The summed E-state index contributed by atoms with van der Waals surface area (Å²) in [4.78, 5) is 6.01. The van der Waals surface area contributed by atoms with Crippen molar-refractivity contribution in [2.75, 3.05) is 0 Å². The minimum Gasteiger partial charge on any atom is -0.251 e. The van der Waals surface area contributed by atoms with Crippen LogP contribution in [0.4, 0.5) is 0 Å². The maximum atomic E-state index is 6.75. The number of hydrogen-bond acceptors (Lipinski definition) is 4. The average molecular weight is 474 g/mol. The van der Waals surface area contributed by atoms with Crippen LogP contribution >= 0.6 is 46.1 Å². The first-order valence-electron chi connectivity index (χ1n) is 9.36. The van der Waals surface area contributed by atoms with Gasteiger partial charge < -0.3 is 0 Å². The van der Waals surface area contributed by atoms with E-state index < -0.39 is 0 Å². The minimum absolute atomic E-state index is 0.493. The summed E-state index contributed by atoms with van der Waals surface area (Å²) in [6.45, 7) is 0.583. The topological polar surface area (TPSA) is 43.6 Å². The van der Waals surface area contributed by atoms with Gasteiger partial charge >= 0.3 is 0 Å². The van der Waals surface area contributed by atoms with Crippen molar-refractivity contribution in [3.05, 3.63) is 80.9 Å². The van der Waals surface area contributed by atoms with Crippen LogP contribution in [0.15, 0.2) is 59.6 Å². The smallest absolute Gasteiger partial charge is 0.113 e. The Labute approximate surface area is 192 Å². The van der Waals surface area contributed by atoms with Crippen molar-refractivity contribution in [3.63, 3.8) is 0 Å². The lowest BCUT2D eigenvalue weighted by atomic mass is 9.95. The third-order valence-electron chi connectivity index (χ3n) is 5.07. The number of aryl methyl sites for hydroxylation is 1. The highest BCUT2D eigenvalue weighted by Gasteiger charge is 2.20. The Bertz CT molecular complexity index is 1260. The summed E-state index contributed by atoms with van der Waals surface area (Å²) in [6, 6.07) is 13.7. The predicted octanol–water partition coefficient (Wildman–Crippen LogP) is 6.97. The molecular weight excluding hydrogens is 459 g/mol. The molecule has 1 aromatic carbocycles. The molecule has 0 saturated carbocycles. The Kier molecular flexibility index (Phi) is 5.37. The van der Waals surface area contributed by atoms with Gasteiger partial charge in [-0.25, -0.2) is 4.68 Å². The fourth-order valence-corrected chi connectivity index (χ4v) is 4.85. The maximum Gasteiger partial charge on any atom is 0.113 e. The molecule has 30 heavy (non-hydrogen) atoms. The molecule has 3 heterocycles. The minimum atomic E-state index is 0.493. The fraction of sp³-hybridized carbons (Fsp3) is 0.136. The number of nitrogens with zero attached hydrogens (tertiary/aromatic N) is 4. The molecule has 3 aromatic heterocycles. The summed E-state index contributed by atoms with van der Waals surface area (Å²) in [6.07, 6.45) is 3.59. The van der Waals surface area contributed by atoms with Crippen LogP contribution in [-0.2, 0) is 13.0 Å². The first-order valence-corrected chi connectivity index (χ1v) is 11.4. The molecule has 0 saturated heterocycles. The molecule has 5 rings (SSSR count).